The van der Waals surface area contributed by atoms with Gasteiger partial charge in [-0.05, 0) is 68.6 Å². The van der Waals surface area contributed by atoms with Gasteiger partial charge >= 0.3 is 0 Å². The molecule has 2 heteroatoms. The first-order chi connectivity index (χ1) is 12.7. The van der Waals surface area contributed by atoms with Crippen molar-refractivity contribution in [3.8, 4) is 0 Å². The average molecular weight is 350 g/mol. The Labute approximate surface area is 159 Å². The molecule has 2 nitrogen and oxygen atoms in total. The number of hydrogen-bond acceptors (Lipinski definition) is 1. The number of hydrogen-bond donors (Lipinski definition) is 1. The van der Waals surface area contributed by atoms with Crippen LogP contribution in [0.4, 0.5) is 0 Å². The van der Waals surface area contributed by atoms with Crippen LogP contribution in [0.15, 0.2) is 54.6 Å². The molecule has 138 valence electrons. The highest BCUT2D eigenvalue weighted by atomic mass is 16.1. The molecule has 0 fully saturated rings. The minimum absolute atomic E-state index is 0.0386. The highest BCUT2D eigenvalue weighted by Gasteiger charge is 2.18. The molecule has 2 aromatic rings. The summed E-state index contributed by atoms with van der Waals surface area (Å²) < 4.78 is 0. The molecule has 2 radical (unpaired) electrons. The lowest BCUT2D eigenvalue weighted by Crippen LogP contribution is -2.29. The third-order valence-corrected chi connectivity index (χ3v) is 4.86. The molecule has 0 aromatic heterocycles. The number of carbonyl (C=O) groups excluding carboxylic acids is 1. The summed E-state index contributed by atoms with van der Waals surface area (Å²) in [5.74, 6) is 0.197. The van der Waals surface area contributed by atoms with Crippen molar-refractivity contribution in [1.82, 2.24) is 5.32 Å². The number of rotatable bonds is 11. The van der Waals surface area contributed by atoms with Crippen molar-refractivity contribution >= 4 is 5.91 Å². The number of benzene rings is 2. The van der Waals surface area contributed by atoms with E-state index >= 15 is 0 Å². The number of unbranched alkanes of at least 4 members (excludes halogenated alkanes) is 2. The lowest BCUT2D eigenvalue weighted by Gasteiger charge is -2.17. The van der Waals surface area contributed by atoms with Crippen LogP contribution in [0.1, 0.15) is 49.3 Å². The van der Waals surface area contributed by atoms with Crippen molar-refractivity contribution in [3.05, 3.63) is 84.3 Å². The number of amides is 1. The van der Waals surface area contributed by atoms with Crippen LogP contribution >= 0.6 is 0 Å². The molecule has 2 rings (SSSR count). The van der Waals surface area contributed by atoms with Gasteiger partial charge in [0.25, 0.3) is 0 Å². The second-order valence-corrected chi connectivity index (χ2v) is 6.88. The molecular formula is C24H31NO. The quantitative estimate of drug-likeness (QED) is 0.536. The summed E-state index contributed by atoms with van der Waals surface area (Å²) in [6.07, 6.45) is 7.67. The normalized spacial score (nSPS) is 11.9. The van der Waals surface area contributed by atoms with E-state index in [0.29, 0.717) is 0 Å². The molecule has 0 saturated heterocycles. The van der Waals surface area contributed by atoms with Crippen LogP contribution in [0.3, 0.4) is 0 Å². The predicted molar refractivity (Wildman–Crippen MR) is 109 cm³/mol. The fourth-order valence-electron chi connectivity index (χ4n) is 3.15. The van der Waals surface area contributed by atoms with Gasteiger partial charge in [-0.15, -0.1) is 0 Å². The van der Waals surface area contributed by atoms with E-state index in [0.717, 1.165) is 38.5 Å². The molecule has 0 aliphatic rings. The molecule has 1 atom stereocenters. The van der Waals surface area contributed by atoms with Gasteiger partial charge in [0.2, 0.25) is 5.91 Å². The maximum Gasteiger partial charge on any atom is 0.223 e. The zero-order valence-electron chi connectivity index (χ0n) is 16.1. The van der Waals surface area contributed by atoms with E-state index in [4.69, 9.17) is 0 Å². The Morgan fingerprint density at radius 3 is 2.38 bits per heavy atom. The average Bonchev–Trinajstić information content (AvgIpc) is 2.67. The monoisotopic (exact) mass is 349 g/mol. The highest BCUT2D eigenvalue weighted by Crippen LogP contribution is 2.19. The Balaban J connectivity index is 1.93. The first-order valence-corrected chi connectivity index (χ1v) is 9.69. The first-order valence-electron chi connectivity index (χ1n) is 9.69. The summed E-state index contributed by atoms with van der Waals surface area (Å²) in [7, 11) is 0. The largest absolute Gasteiger partial charge is 0.351 e. The van der Waals surface area contributed by atoms with Gasteiger partial charge < -0.3 is 5.32 Å². The first kappa shape index (κ1) is 20.2. The van der Waals surface area contributed by atoms with Crippen LogP contribution in [0.25, 0.3) is 0 Å². The van der Waals surface area contributed by atoms with Gasteiger partial charge in [0.15, 0.2) is 0 Å². The van der Waals surface area contributed by atoms with E-state index in [2.05, 4.69) is 67.2 Å². The lowest BCUT2D eigenvalue weighted by atomic mass is 9.91. The van der Waals surface area contributed by atoms with E-state index in [1.54, 1.807) is 0 Å². The van der Waals surface area contributed by atoms with Crippen LogP contribution in [-0.4, -0.2) is 5.91 Å². The van der Waals surface area contributed by atoms with Gasteiger partial charge in [0, 0.05) is 12.5 Å². The summed E-state index contributed by atoms with van der Waals surface area (Å²) in [6, 6.07) is 18.9. The number of carbonyl (C=O) groups is 1. The second-order valence-electron chi connectivity index (χ2n) is 6.88. The zero-order valence-corrected chi connectivity index (χ0v) is 16.1. The van der Waals surface area contributed by atoms with E-state index in [-0.39, 0.29) is 11.8 Å². The summed E-state index contributed by atoms with van der Waals surface area (Å²) in [5.41, 5.74) is 3.94. The Bertz CT molecular complexity index is 650. The molecule has 0 saturated carbocycles. The lowest BCUT2D eigenvalue weighted by molar-refractivity contribution is -0.124. The van der Waals surface area contributed by atoms with Crippen LogP contribution in [0.2, 0.25) is 0 Å². The fourth-order valence-corrected chi connectivity index (χ4v) is 3.15. The van der Waals surface area contributed by atoms with E-state index in [1.807, 2.05) is 19.5 Å². The maximum absolute atomic E-state index is 12.7. The SMILES string of the molecule is C[CH]CC[CH]NC(=O)[C@@H](CCc1ccccc1)CCc1ccccc1C. The third kappa shape index (κ3) is 7.03. The molecule has 0 aliphatic carbocycles. The molecule has 0 spiro atoms. The molecule has 26 heavy (non-hydrogen) atoms. The zero-order chi connectivity index (χ0) is 18.6. The molecular weight excluding hydrogens is 318 g/mol. The van der Waals surface area contributed by atoms with Gasteiger partial charge in [0.1, 0.15) is 0 Å². The van der Waals surface area contributed by atoms with Gasteiger partial charge in [-0.1, -0.05) is 61.5 Å². The number of nitrogens with one attached hydrogen (secondary N) is 1. The van der Waals surface area contributed by atoms with E-state index < -0.39 is 0 Å². The van der Waals surface area contributed by atoms with Gasteiger partial charge in [-0.2, -0.15) is 0 Å². The molecule has 0 bridgehead atoms. The Hall–Kier alpha value is -2.09. The van der Waals surface area contributed by atoms with Gasteiger partial charge in [-0.25, -0.2) is 0 Å². The number of aryl methyl sites for hydroxylation is 3. The minimum atomic E-state index is 0.0386. The van der Waals surface area contributed by atoms with Crippen LogP contribution in [0, 0.1) is 25.8 Å². The Kier molecular flexibility index (Phi) is 8.95. The van der Waals surface area contributed by atoms with Crippen LogP contribution < -0.4 is 5.32 Å². The van der Waals surface area contributed by atoms with Gasteiger partial charge in [0.05, 0.1) is 0 Å². The topological polar surface area (TPSA) is 29.1 Å². The molecule has 2 aromatic carbocycles. The minimum Gasteiger partial charge on any atom is -0.351 e. The van der Waals surface area contributed by atoms with Crippen molar-refractivity contribution in [1.29, 1.82) is 0 Å². The van der Waals surface area contributed by atoms with Crippen molar-refractivity contribution < 1.29 is 4.79 Å². The van der Waals surface area contributed by atoms with Crippen molar-refractivity contribution in [2.75, 3.05) is 0 Å². The third-order valence-electron chi connectivity index (χ3n) is 4.86. The summed E-state index contributed by atoms with van der Waals surface area (Å²) in [6.45, 7) is 6.09. The van der Waals surface area contributed by atoms with Gasteiger partial charge in [-0.3, -0.25) is 4.79 Å². The molecule has 0 heterocycles. The second kappa shape index (κ2) is 11.5. The smallest absolute Gasteiger partial charge is 0.223 e. The molecule has 1 amide bonds. The predicted octanol–water partition coefficient (Wildman–Crippen LogP) is 5.46. The summed E-state index contributed by atoms with van der Waals surface area (Å²) in [5, 5.41) is 3.02. The fraction of sp³-hybridized carbons (Fsp3) is 0.375. The van der Waals surface area contributed by atoms with Crippen molar-refractivity contribution in [3.63, 3.8) is 0 Å². The molecule has 1 N–H and O–H groups in total. The van der Waals surface area contributed by atoms with Crippen LogP contribution in [0.5, 0.6) is 0 Å². The van der Waals surface area contributed by atoms with Crippen molar-refractivity contribution in [2.45, 2.75) is 52.4 Å². The Morgan fingerprint density at radius 1 is 0.962 bits per heavy atom. The summed E-state index contributed by atoms with van der Waals surface area (Å²) in [4.78, 5) is 12.7. The van der Waals surface area contributed by atoms with E-state index in [9.17, 15) is 4.79 Å². The van der Waals surface area contributed by atoms with E-state index in [1.165, 1.54) is 16.7 Å². The molecule has 0 unspecified atom stereocenters. The Morgan fingerprint density at radius 2 is 1.65 bits per heavy atom. The highest BCUT2D eigenvalue weighted by molar-refractivity contribution is 5.79. The van der Waals surface area contributed by atoms with Crippen molar-refractivity contribution in [2.24, 2.45) is 5.92 Å². The molecule has 0 aliphatic heterocycles. The van der Waals surface area contributed by atoms with Crippen LogP contribution in [-0.2, 0) is 17.6 Å². The maximum atomic E-state index is 12.7. The standard InChI is InChI=1S/C24H31NO/c1-3-4-10-19-25-24(26)23(16-15-21-12-6-5-7-13-21)18-17-22-14-9-8-11-20(22)2/h3,5-9,11-14,19,23H,4,10,15-18H2,1-2H3,(H,25,26)/t23-/m0/s1. The summed E-state index contributed by atoms with van der Waals surface area (Å²) >= 11 is 0.